The average Bonchev–Trinajstić information content (AvgIpc) is 2.61. The first kappa shape index (κ1) is 21.3. The molecule has 1 rings (SSSR count). The molecule has 0 aliphatic rings. The molecular formula is C19H34N4O2. The number of hydrogen-bond donors (Lipinski definition) is 2. The fourth-order valence-electron chi connectivity index (χ4n) is 2.53. The first-order valence-electron chi connectivity index (χ1n) is 9.03. The highest BCUT2D eigenvalue weighted by atomic mass is 16.5. The molecule has 0 heterocycles. The Kier molecular flexibility index (Phi) is 10.7. The molecular weight excluding hydrogens is 316 g/mol. The van der Waals surface area contributed by atoms with E-state index >= 15 is 0 Å². The maximum absolute atomic E-state index is 5.51. The van der Waals surface area contributed by atoms with Crippen LogP contribution < -0.4 is 15.4 Å². The van der Waals surface area contributed by atoms with E-state index in [1.807, 2.05) is 25.1 Å². The molecule has 0 radical (unpaired) electrons. The van der Waals surface area contributed by atoms with E-state index in [-0.39, 0.29) is 6.04 Å². The molecule has 0 fully saturated rings. The van der Waals surface area contributed by atoms with E-state index in [9.17, 15) is 0 Å². The molecule has 2 N–H and O–H groups in total. The maximum Gasteiger partial charge on any atom is 0.191 e. The summed E-state index contributed by atoms with van der Waals surface area (Å²) in [4.78, 5) is 6.93. The van der Waals surface area contributed by atoms with Gasteiger partial charge in [-0.15, -0.1) is 0 Å². The minimum atomic E-state index is 0.148. The lowest BCUT2D eigenvalue weighted by Gasteiger charge is -2.25. The van der Waals surface area contributed by atoms with E-state index in [0.29, 0.717) is 6.54 Å². The zero-order valence-electron chi connectivity index (χ0n) is 16.3. The third-order valence-electron chi connectivity index (χ3n) is 3.85. The Morgan fingerprint density at radius 2 is 1.96 bits per heavy atom. The van der Waals surface area contributed by atoms with Gasteiger partial charge >= 0.3 is 0 Å². The molecule has 0 saturated carbocycles. The van der Waals surface area contributed by atoms with Gasteiger partial charge in [-0.05, 0) is 40.4 Å². The van der Waals surface area contributed by atoms with Crippen LogP contribution in [-0.4, -0.2) is 64.9 Å². The molecule has 1 atom stereocenters. The molecule has 0 amide bonds. The van der Waals surface area contributed by atoms with Gasteiger partial charge in [-0.2, -0.15) is 0 Å². The Morgan fingerprint density at radius 1 is 1.20 bits per heavy atom. The van der Waals surface area contributed by atoms with Gasteiger partial charge in [-0.3, -0.25) is 4.99 Å². The van der Waals surface area contributed by atoms with Crippen molar-refractivity contribution in [2.24, 2.45) is 4.99 Å². The van der Waals surface area contributed by atoms with Gasteiger partial charge in [0, 0.05) is 31.9 Å². The Labute approximate surface area is 152 Å². The second-order valence-corrected chi connectivity index (χ2v) is 5.92. The fourth-order valence-corrected chi connectivity index (χ4v) is 2.53. The summed E-state index contributed by atoms with van der Waals surface area (Å²) in [5.41, 5.74) is 1.14. The first-order valence-corrected chi connectivity index (χ1v) is 9.03. The van der Waals surface area contributed by atoms with Crippen molar-refractivity contribution in [2.45, 2.75) is 26.3 Å². The number of aliphatic imine (C=N–C) groups is 1. The van der Waals surface area contributed by atoms with Crippen LogP contribution in [0.4, 0.5) is 0 Å². The van der Waals surface area contributed by atoms with E-state index in [1.54, 1.807) is 7.11 Å². The average molecular weight is 351 g/mol. The topological polar surface area (TPSA) is 58.1 Å². The van der Waals surface area contributed by atoms with Crippen molar-refractivity contribution in [2.75, 3.05) is 54.1 Å². The number of nitrogens with one attached hydrogen (secondary N) is 2. The van der Waals surface area contributed by atoms with E-state index in [4.69, 9.17) is 14.5 Å². The molecule has 1 aromatic rings. The Bertz CT molecular complexity index is 506. The van der Waals surface area contributed by atoms with Crippen molar-refractivity contribution in [1.29, 1.82) is 0 Å². The molecule has 0 spiro atoms. The van der Waals surface area contributed by atoms with E-state index < -0.39 is 0 Å². The van der Waals surface area contributed by atoms with Gasteiger partial charge in [-0.1, -0.05) is 18.2 Å². The van der Waals surface area contributed by atoms with Gasteiger partial charge in [0.25, 0.3) is 0 Å². The molecule has 0 saturated heterocycles. The zero-order valence-corrected chi connectivity index (χ0v) is 16.3. The van der Waals surface area contributed by atoms with E-state index in [1.165, 1.54) is 0 Å². The second kappa shape index (κ2) is 12.6. The Morgan fingerprint density at radius 3 is 2.60 bits per heavy atom. The van der Waals surface area contributed by atoms with Gasteiger partial charge in [0.05, 0.1) is 19.7 Å². The summed E-state index contributed by atoms with van der Waals surface area (Å²) in [7, 11) is 5.84. The van der Waals surface area contributed by atoms with Crippen LogP contribution in [0.5, 0.6) is 5.75 Å². The number of benzene rings is 1. The number of methoxy groups -OCH3 is 1. The largest absolute Gasteiger partial charge is 0.496 e. The highest BCUT2D eigenvalue weighted by Gasteiger charge is 2.18. The zero-order chi connectivity index (χ0) is 18.5. The summed E-state index contributed by atoms with van der Waals surface area (Å²) < 4.78 is 10.9. The monoisotopic (exact) mass is 350 g/mol. The van der Waals surface area contributed by atoms with Crippen molar-refractivity contribution in [3.8, 4) is 5.75 Å². The number of ether oxygens (including phenoxy) is 2. The second-order valence-electron chi connectivity index (χ2n) is 5.92. The summed E-state index contributed by atoms with van der Waals surface area (Å²) in [5.74, 6) is 1.73. The van der Waals surface area contributed by atoms with E-state index in [2.05, 4.69) is 42.6 Å². The number of guanidine groups is 1. The number of rotatable bonds is 11. The molecule has 6 nitrogen and oxygen atoms in total. The van der Waals surface area contributed by atoms with Crippen LogP contribution in [0.2, 0.25) is 0 Å². The van der Waals surface area contributed by atoms with Crippen LogP contribution in [0.15, 0.2) is 29.3 Å². The predicted molar refractivity (Wildman–Crippen MR) is 105 cm³/mol. The molecule has 1 unspecified atom stereocenters. The fraction of sp³-hybridized carbons (Fsp3) is 0.632. The van der Waals surface area contributed by atoms with Crippen LogP contribution >= 0.6 is 0 Å². The molecule has 0 bridgehead atoms. The third-order valence-corrected chi connectivity index (χ3v) is 3.85. The molecule has 1 aromatic carbocycles. The molecule has 0 aromatic heterocycles. The smallest absolute Gasteiger partial charge is 0.191 e. The minimum Gasteiger partial charge on any atom is -0.496 e. The third kappa shape index (κ3) is 7.75. The number of nitrogens with zero attached hydrogens (tertiary/aromatic N) is 2. The van der Waals surface area contributed by atoms with Gasteiger partial charge in [0.2, 0.25) is 0 Å². The lowest BCUT2D eigenvalue weighted by Crippen LogP contribution is -2.38. The van der Waals surface area contributed by atoms with Crippen LogP contribution in [0.1, 0.15) is 31.9 Å². The summed E-state index contributed by atoms with van der Waals surface area (Å²) in [6.45, 7) is 7.93. The van der Waals surface area contributed by atoms with Crippen molar-refractivity contribution in [3.05, 3.63) is 29.8 Å². The standard InChI is InChI=1S/C19H34N4O2/c1-6-20-19(21-13-10-14-25-7-2)22-15-17(23(3)4)16-11-8-9-12-18(16)24-5/h8-9,11-12,17H,6-7,10,13-15H2,1-5H3,(H2,20,21,22). The number of hydrogen-bond acceptors (Lipinski definition) is 4. The van der Waals surface area contributed by atoms with Crippen molar-refractivity contribution < 1.29 is 9.47 Å². The van der Waals surface area contributed by atoms with Gasteiger partial charge in [-0.25, -0.2) is 0 Å². The predicted octanol–water partition coefficient (Wildman–Crippen LogP) is 2.28. The summed E-state index contributed by atoms with van der Waals surface area (Å²) >= 11 is 0. The lowest BCUT2D eigenvalue weighted by molar-refractivity contribution is 0.145. The summed E-state index contributed by atoms with van der Waals surface area (Å²) in [6, 6.07) is 8.27. The maximum atomic E-state index is 5.51. The number of likely N-dealkylation sites (N-methyl/N-ethyl adjacent to an activating group) is 1. The molecule has 25 heavy (non-hydrogen) atoms. The lowest BCUT2D eigenvalue weighted by atomic mass is 10.0. The molecule has 6 heteroatoms. The number of para-hydroxylation sites is 1. The SMILES string of the molecule is CCNC(=NCC(c1ccccc1OC)N(C)C)NCCCOCC. The van der Waals surface area contributed by atoms with Crippen molar-refractivity contribution in [3.63, 3.8) is 0 Å². The Balaban J connectivity index is 2.74. The highest BCUT2D eigenvalue weighted by molar-refractivity contribution is 5.79. The minimum absolute atomic E-state index is 0.148. The van der Waals surface area contributed by atoms with Crippen LogP contribution in [0, 0.1) is 0 Å². The van der Waals surface area contributed by atoms with Crippen molar-refractivity contribution >= 4 is 5.96 Å². The first-order chi connectivity index (χ1) is 12.1. The highest BCUT2D eigenvalue weighted by Crippen LogP contribution is 2.28. The van der Waals surface area contributed by atoms with Gasteiger partial charge in [0.1, 0.15) is 5.75 Å². The quantitative estimate of drug-likeness (QED) is 0.364. The Hall–Kier alpha value is -1.79. The summed E-state index contributed by atoms with van der Waals surface area (Å²) in [5, 5.41) is 6.66. The molecule has 0 aliphatic carbocycles. The van der Waals surface area contributed by atoms with Gasteiger partial charge in [0.15, 0.2) is 5.96 Å². The van der Waals surface area contributed by atoms with Crippen molar-refractivity contribution in [1.82, 2.24) is 15.5 Å². The van der Waals surface area contributed by atoms with Crippen LogP contribution in [0.3, 0.4) is 0 Å². The van der Waals surface area contributed by atoms with Gasteiger partial charge < -0.3 is 25.0 Å². The summed E-state index contributed by atoms with van der Waals surface area (Å²) in [6.07, 6.45) is 0.960. The normalized spacial score (nSPS) is 13.0. The van der Waals surface area contributed by atoms with E-state index in [0.717, 1.165) is 50.0 Å². The van der Waals surface area contributed by atoms with Crippen LogP contribution in [0.25, 0.3) is 0 Å². The molecule has 142 valence electrons. The van der Waals surface area contributed by atoms with Crippen LogP contribution in [-0.2, 0) is 4.74 Å². The molecule has 0 aliphatic heterocycles.